The van der Waals surface area contributed by atoms with Gasteiger partial charge in [-0.15, -0.1) is 10.2 Å². The van der Waals surface area contributed by atoms with Crippen molar-refractivity contribution in [2.45, 2.75) is 32.4 Å². The third-order valence-electron chi connectivity index (χ3n) is 4.32. The summed E-state index contributed by atoms with van der Waals surface area (Å²) in [4.78, 5) is 13.4. The molecule has 3 rings (SSSR count). The van der Waals surface area contributed by atoms with Gasteiger partial charge in [-0.2, -0.15) is 4.80 Å². The van der Waals surface area contributed by atoms with E-state index in [2.05, 4.69) is 46.7 Å². The van der Waals surface area contributed by atoms with Crippen LogP contribution in [-0.2, 0) is 11.3 Å². The van der Waals surface area contributed by atoms with Crippen molar-refractivity contribution in [3.8, 4) is 11.4 Å². The zero-order chi connectivity index (χ0) is 19.2. The van der Waals surface area contributed by atoms with Crippen molar-refractivity contribution >= 4 is 5.91 Å². The molecule has 0 aliphatic carbocycles. The number of amides is 1. The molecule has 0 radical (unpaired) electrons. The summed E-state index contributed by atoms with van der Waals surface area (Å²) in [7, 11) is 0. The monoisotopic (exact) mass is 364 g/mol. The van der Waals surface area contributed by atoms with E-state index in [1.807, 2.05) is 42.5 Å². The molecule has 7 heteroatoms. The third-order valence-corrected chi connectivity index (χ3v) is 4.32. The van der Waals surface area contributed by atoms with E-state index >= 15 is 0 Å². The molecule has 0 aliphatic heterocycles. The summed E-state index contributed by atoms with van der Waals surface area (Å²) in [5.41, 5.74) is 9.29. The molecule has 1 aromatic heterocycles. The standard InChI is InChI=1S/C20H24N6O/c1-14(2)15-8-10-16(11-9-15)18(21)12-22-19(27)13-26-24-20(23-25-26)17-6-4-3-5-7-17/h3-11,14,18H,12-13,21H2,1-2H3,(H,22,27). The third kappa shape index (κ3) is 4.98. The van der Waals surface area contributed by atoms with E-state index in [1.165, 1.54) is 10.4 Å². The average Bonchev–Trinajstić information content (AvgIpc) is 3.15. The van der Waals surface area contributed by atoms with Crippen LogP contribution in [0, 0.1) is 0 Å². The molecule has 0 bridgehead atoms. The average molecular weight is 364 g/mol. The van der Waals surface area contributed by atoms with E-state index in [1.54, 1.807) is 0 Å². The van der Waals surface area contributed by atoms with E-state index in [0.717, 1.165) is 11.1 Å². The molecule has 0 fully saturated rings. The molecular formula is C20H24N6O. The fraction of sp³-hybridized carbons (Fsp3) is 0.300. The maximum absolute atomic E-state index is 12.1. The van der Waals surface area contributed by atoms with Gasteiger partial charge in [0.25, 0.3) is 0 Å². The van der Waals surface area contributed by atoms with Gasteiger partial charge in [-0.1, -0.05) is 68.4 Å². The van der Waals surface area contributed by atoms with Gasteiger partial charge in [-0.05, 0) is 22.3 Å². The Morgan fingerprint density at radius 1 is 1.07 bits per heavy atom. The van der Waals surface area contributed by atoms with Crippen LogP contribution in [-0.4, -0.2) is 32.7 Å². The van der Waals surface area contributed by atoms with Crippen LogP contribution in [0.1, 0.15) is 36.9 Å². The highest BCUT2D eigenvalue weighted by Gasteiger charge is 2.12. The minimum Gasteiger partial charge on any atom is -0.353 e. The summed E-state index contributed by atoms with van der Waals surface area (Å²) in [6.07, 6.45) is 0. The summed E-state index contributed by atoms with van der Waals surface area (Å²) < 4.78 is 0. The van der Waals surface area contributed by atoms with Crippen molar-refractivity contribution in [2.75, 3.05) is 6.54 Å². The molecule has 1 amide bonds. The Labute approximate surface area is 158 Å². The highest BCUT2D eigenvalue weighted by molar-refractivity contribution is 5.75. The first-order valence-electron chi connectivity index (χ1n) is 8.98. The molecule has 3 aromatic rings. The van der Waals surface area contributed by atoms with Gasteiger partial charge in [0.1, 0.15) is 6.54 Å². The Morgan fingerprint density at radius 2 is 1.74 bits per heavy atom. The highest BCUT2D eigenvalue weighted by atomic mass is 16.2. The van der Waals surface area contributed by atoms with Crippen LogP contribution in [0.3, 0.4) is 0 Å². The molecule has 0 saturated heterocycles. The number of nitrogens with two attached hydrogens (primary N) is 1. The lowest BCUT2D eigenvalue weighted by atomic mass is 9.99. The molecule has 0 saturated carbocycles. The van der Waals surface area contributed by atoms with E-state index in [0.29, 0.717) is 18.3 Å². The summed E-state index contributed by atoms with van der Waals surface area (Å²) >= 11 is 0. The minimum atomic E-state index is -0.265. The molecule has 1 unspecified atom stereocenters. The number of benzene rings is 2. The summed E-state index contributed by atoms with van der Waals surface area (Å²) in [5.74, 6) is 0.762. The summed E-state index contributed by atoms with van der Waals surface area (Å²) in [6.45, 7) is 4.64. The van der Waals surface area contributed by atoms with E-state index in [9.17, 15) is 4.79 Å². The first-order chi connectivity index (χ1) is 13.0. The van der Waals surface area contributed by atoms with Crippen LogP contribution in [0.4, 0.5) is 0 Å². The Kier molecular flexibility index (Phi) is 5.93. The number of aromatic nitrogens is 4. The van der Waals surface area contributed by atoms with Gasteiger partial charge in [0.2, 0.25) is 11.7 Å². The quantitative estimate of drug-likeness (QED) is 0.670. The number of hydrogen-bond acceptors (Lipinski definition) is 5. The number of rotatable bonds is 7. The Balaban J connectivity index is 1.51. The predicted octanol–water partition coefficient (Wildman–Crippen LogP) is 2.28. The molecule has 7 nitrogen and oxygen atoms in total. The number of carbonyl (C=O) groups excluding carboxylic acids is 1. The highest BCUT2D eigenvalue weighted by Crippen LogP contribution is 2.17. The number of hydrogen-bond donors (Lipinski definition) is 2. The molecule has 1 heterocycles. The Hall–Kier alpha value is -3.06. The summed E-state index contributed by atoms with van der Waals surface area (Å²) in [6, 6.07) is 17.4. The lowest BCUT2D eigenvalue weighted by molar-refractivity contribution is -0.122. The number of nitrogens with zero attached hydrogens (tertiary/aromatic N) is 4. The number of nitrogens with one attached hydrogen (secondary N) is 1. The predicted molar refractivity (Wildman–Crippen MR) is 104 cm³/mol. The first kappa shape index (κ1) is 18.7. The normalized spacial score (nSPS) is 12.1. The molecule has 27 heavy (non-hydrogen) atoms. The Bertz CT molecular complexity index is 873. The maximum Gasteiger partial charge on any atom is 0.243 e. The van der Waals surface area contributed by atoms with Crippen LogP contribution in [0.5, 0.6) is 0 Å². The van der Waals surface area contributed by atoms with Crippen molar-refractivity contribution < 1.29 is 4.79 Å². The van der Waals surface area contributed by atoms with Gasteiger partial charge in [0.15, 0.2) is 0 Å². The smallest absolute Gasteiger partial charge is 0.243 e. The van der Waals surface area contributed by atoms with Crippen molar-refractivity contribution in [3.05, 3.63) is 65.7 Å². The largest absolute Gasteiger partial charge is 0.353 e. The molecule has 0 aliphatic rings. The molecule has 2 aromatic carbocycles. The topological polar surface area (TPSA) is 98.7 Å². The number of carbonyl (C=O) groups is 1. The molecule has 0 spiro atoms. The van der Waals surface area contributed by atoms with Gasteiger partial charge in [-0.3, -0.25) is 4.79 Å². The lowest BCUT2D eigenvalue weighted by Crippen LogP contribution is -2.34. The molecular weight excluding hydrogens is 340 g/mol. The van der Waals surface area contributed by atoms with Gasteiger partial charge in [0, 0.05) is 18.2 Å². The molecule has 3 N–H and O–H groups in total. The fourth-order valence-electron chi connectivity index (χ4n) is 2.67. The zero-order valence-corrected chi connectivity index (χ0v) is 15.5. The van der Waals surface area contributed by atoms with Crippen molar-refractivity contribution in [2.24, 2.45) is 5.73 Å². The van der Waals surface area contributed by atoms with Crippen molar-refractivity contribution in [1.29, 1.82) is 0 Å². The fourth-order valence-corrected chi connectivity index (χ4v) is 2.67. The van der Waals surface area contributed by atoms with Gasteiger partial charge < -0.3 is 11.1 Å². The van der Waals surface area contributed by atoms with Crippen LogP contribution in [0.25, 0.3) is 11.4 Å². The van der Waals surface area contributed by atoms with Crippen LogP contribution >= 0.6 is 0 Å². The molecule has 140 valence electrons. The van der Waals surface area contributed by atoms with E-state index in [4.69, 9.17) is 5.73 Å². The second kappa shape index (κ2) is 8.55. The van der Waals surface area contributed by atoms with Gasteiger partial charge in [0.05, 0.1) is 0 Å². The molecule has 1 atom stereocenters. The van der Waals surface area contributed by atoms with Crippen LogP contribution in [0.15, 0.2) is 54.6 Å². The second-order valence-electron chi connectivity index (χ2n) is 6.74. The van der Waals surface area contributed by atoms with E-state index < -0.39 is 0 Å². The van der Waals surface area contributed by atoms with Crippen LogP contribution < -0.4 is 11.1 Å². The van der Waals surface area contributed by atoms with Gasteiger partial charge >= 0.3 is 0 Å². The van der Waals surface area contributed by atoms with Crippen molar-refractivity contribution in [1.82, 2.24) is 25.5 Å². The zero-order valence-electron chi connectivity index (χ0n) is 15.5. The number of tetrazole rings is 1. The minimum absolute atomic E-state index is 0.00115. The van der Waals surface area contributed by atoms with Gasteiger partial charge in [-0.25, -0.2) is 0 Å². The maximum atomic E-state index is 12.1. The summed E-state index contributed by atoms with van der Waals surface area (Å²) in [5, 5.41) is 15.0. The Morgan fingerprint density at radius 3 is 2.41 bits per heavy atom. The van der Waals surface area contributed by atoms with E-state index in [-0.39, 0.29) is 18.5 Å². The van der Waals surface area contributed by atoms with Crippen LogP contribution in [0.2, 0.25) is 0 Å². The second-order valence-corrected chi connectivity index (χ2v) is 6.74. The van der Waals surface area contributed by atoms with Crippen molar-refractivity contribution in [3.63, 3.8) is 0 Å². The first-order valence-corrected chi connectivity index (χ1v) is 8.98. The lowest BCUT2D eigenvalue weighted by Gasteiger charge is -2.14. The SMILES string of the molecule is CC(C)c1ccc(C(N)CNC(=O)Cn2nnc(-c3ccccc3)n2)cc1.